The first-order valence-corrected chi connectivity index (χ1v) is 7.64. The van der Waals surface area contributed by atoms with E-state index in [4.69, 9.17) is 4.42 Å². The van der Waals surface area contributed by atoms with Gasteiger partial charge in [0.1, 0.15) is 4.83 Å². The Morgan fingerprint density at radius 2 is 2.24 bits per heavy atom. The zero-order valence-electron chi connectivity index (χ0n) is 12.1. The molecular weight excluding hydrogens is 292 g/mol. The smallest absolute Gasteiger partial charge is 0.349 e. The summed E-state index contributed by atoms with van der Waals surface area (Å²) in [6, 6.07) is 2.04. The second kappa shape index (κ2) is 7.21. The second-order valence-corrected chi connectivity index (χ2v) is 5.93. The average molecular weight is 310 g/mol. The fraction of sp³-hybridized carbons (Fsp3) is 0.500. The maximum Gasteiger partial charge on any atom is 0.349 e. The number of methoxy groups -OCH3 is 1. The van der Waals surface area contributed by atoms with Crippen molar-refractivity contribution in [2.24, 2.45) is 0 Å². The molecule has 0 radical (unpaired) electrons. The monoisotopic (exact) mass is 310 g/mol. The third-order valence-electron chi connectivity index (χ3n) is 3.01. The molecule has 2 aromatic rings. The van der Waals surface area contributed by atoms with Crippen molar-refractivity contribution >= 4 is 33.5 Å². The molecule has 0 aliphatic heterocycles. The first-order chi connectivity index (χ1) is 10.1. The summed E-state index contributed by atoms with van der Waals surface area (Å²) in [5, 5.41) is 3.53. The largest absolute Gasteiger partial charge is 0.469 e. The minimum Gasteiger partial charge on any atom is -0.469 e. The Bertz CT molecular complexity index is 677. The molecule has 0 spiro atoms. The van der Waals surface area contributed by atoms with Crippen molar-refractivity contribution in [3.8, 4) is 0 Å². The number of esters is 1. The second-order valence-electron chi connectivity index (χ2n) is 4.70. The number of anilines is 1. The molecule has 6 nitrogen and oxygen atoms in total. The number of carbonyl (C=O) groups is 1. The van der Waals surface area contributed by atoms with Crippen LogP contribution in [0, 0.1) is 6.92 Å². The summed E-state index contributed by atoms with van der Waals surface area (Å²) in [6.45, 7) is 2.58. The third-order valence-corrected chi connectivity index (χ3v) is 3.95. The minimum atomic E-state index is -0.363. The summed E-state index contributed by atoms with van der Waals surface area (Å²) in [5.74, 6) is -0.186. The first kappa shape index (κ1) is 15.5. The van der Waals surface area contributed by atoms with E-state index in [1.165, 1.54) is 18.4 Å². The van der Waals surface area contributed by atoms with Crippen LogP contribution in [0.1, 0.15) is 30.6 Å². The van der Waals surface area contributed by atoms with Gasteiger partial charge >= 0.3 is 11.6 Å². The van der Waals surface area contributed by atoms with Crippen molar-refractivity contribution in [3.63, 3.8) is 0 Å². The molecule has 21 heavy (non-hydrogen) atoms. The fourth-order valence-corrected chi connectivity index (χ4v) is 2.80. The van der Waals surface area contributed by atoms with Crippen LogP contribution < -0.4 is 10.9 Å². The van der Waals surface area contributed by atoms with Gasteiger partial charge in [0.15, 0.2) is 0 Å². The molecule has 0 aliphatic carbocycles. The summed E-state index contributed by atoms with van der Waals surface area (Å²) in [6.07, 6.45) is 2.98. The molecule has 114 valence electrons. The number of aromatic nitrogens is 1. The Morgan fingerprint density at radius 1 is 1.43 bits per heavy atom. The zero-order valence-corrected chi connectivity index (χ0v) is 12.9. The van der Waals surface area contributed by atoms with Crippen LogP contribution in [0.15, 0.2) is 15.3 Å². The lowest BCUT2D eigenvalue weighted by molar-refractivity contribution is -0.140. The Morgan fingerprint density at radius 3 is 3.00 bits per heavy atom. The molecule has 0 saturated carbocycles. The van der Waals surface area contributed by atoms with Crippen molar-refractivity contribution in [3.05, 3.63) is 21.4 Å². The lowest BCUT2D eigenvalue weighted by Crippen LogP contribution is -2.08. The number of thiophene rings is 1. The maximum absolute atomic E-state index is 11.8. The van der Waals surface area contributed by atoms with Crippen molar-refractivity contribution < 1.29 is 13.9 Å². The molecule has 1 N–H and O–H groups in total. The van der Waals surface area contributed by atoms with E-state index in [9.17, 15) is 9.59 Å². The van der Waals surface area contributed by atoms with Gasteiger partial charge in [-0.25, -0.2) is 4.79 Å². The van der Waals surface area contributed by atoms with Gasteiger partial charge < -0.3 is 14.5 Å². The van der Waals surface area contributed by atoms with Crippen molar-refractivity contribution in [2.75, 3.05) is 19.0 Å². The van der Waals surface area contributed by atoms with Crippen molar-refractivity contribution in [2.45, 2.75) is 32.6 Å². The van der Waals surface area contributed by atoms with Gasteiger partial charge in [-0.1, -0.05) is 6.42 Å². The number of carbonyl (C=O) groups excluding carboxylic acids is 1. The predicted molar refractivity (Wildman–Crippen MR) is 81.9 cm³/mol. The SMILES string of the molecule is COC(=O)CCCCCNc1nc2sc(C)cc2c(=O)o1. The number of hydrogen-bond acceptors (Lipinski definition) is 7. The number of ether oxygens (including phenoxy) is 1. The summed E-state index contributed by atoms with van der Waals surface area (Å²) in [4.78, 5) is 28.7. The quantitative estimate of drug-likeness (QED) is 0.625. The van der Waals surface area contributed by atoms with Crippen LogP contribution in [0.4, 0.5) is 6.01 Å². The number of aryl methyl sites for hydroxylation is 1. The standard InChI is InChI=1S/C14H18N2O4S/c1-9-8-10-12(21-9)16-14(20-13(10)18)15-7-5-3-4-6-11(17)19-2/h8H,3-7H2,1-2H3,(H,15,16). The summed E-state index contributed by atoms with van der Waals surface area (Å²) < 4.78 is 9.69. The molecule has 2 heterocycles. The molecule has 0 aromatic carbocycles. The van der Waals surface area contributed by atoms with Gasteiger partial charge in [0, 0.05) is 17.8 Å². The topological polar surface area (TPSA) is 81.4 Å². The van der Waals surface area contributed by atoms with E-state index in [0.717, 1.165) is 24.1 Å². The predicted octanol–water partition coefficient (Wildman–Crippen LogP) is 2.70. The van der Waals surface area contributed by atoms with Crippen molar-refractivity contribution in [1.29, 1.82) is 0 Å². The number of hydrogen-bond donors (Lipinski definition) is 1. The Hall–Kier alpha value is -1.89. The van der Waals surface area contributed by atoms with E-state index in [1.54, 1.807) is 6.07 Å². The van der Waals surface area contributed by atoms with Crippen LogP contribution >= 0.6 is 11.3 Å². The van der Waals surface area contributed by atoms with E-state index in [-0.39, 0.29) is 17.6 Å². The van der Waals surface area contributed by atoms with E-state index in [2.05, 4.69) is 15.0 Å². The van der Waals surface area contributed by atoms with E-state index >= 15 is 0 Å². The van der Waals surface area contributed by atoms with Crippen LogP contribution in [-0.2, 0) is 9.53 Å². The Kier molecular flexibility index (Phi) is 5.32. The highest BCUT2D eigenvalue weighted by Crippen LogP contribution is 2.21. The molecule has 0 atom stereocenters. The molecule has 2 aromatic heterocycles. The zero-order chi connectivity index (χ0) is 15.2. The molecule has 2 rings (SSSR count). The first-order valence-electron chi connectivity index (χ1n) is 6.82. The molecular formula is C14H18N2O4S. The van der Waals surface area contributed by atoms with Crippen LogP contribution in [0.2, 0.25) is 0 Å². The van der Waals surface area contributed by atoms with Gasteiger partial charge in [-0.15, -0.1) is 11.3 Å². The van der Waals surface area contributed by atoms with Gasteiger partial charge in [0.25, 0.3) is 6.01 Å². The number of unbranched alkanes of at least 4 members (excludes halogenated alkanes) is 2. The maximum atomic E-state index is 11.8. The summed E-state index contributed by atoms with van der Waals surface area (Å²) in [5.41, 5.74) is -0.363. The summed E-state index contributed by atoms with van der Waals surface area (Å²) in [7, 11) is 1.39. The number of rotatable bonds is 7. The van der Waals surface area contributed by atoms with Crippen LogP contribution in [-0.4, -0.2) is 24.6 Å². The minimum absolute atomic E-state index is 0.186. The van der Waals surface area contributed by atoms with Crippen LogP contribution in [0.3, 0.4) is 0 Å². The molecule has 0 fully saturated rings. The van der Waals surface area contributed by atoms with Crippen molar-refractivity contribution in [1.82, 2.24) is 4.98 Å². The highest BCUT2D eigenvalue weighted by molar-refractivity contribution is 7.18. The number of nitrogens with zero attached hydrogens (tertiary/aromatic N) is 1. The lowest BCUT2D eigenvalue weighted by atomic mass is 10.2. The molecule has 7 heteroatoms. The molecule has 0 bridgehead atoms. The lowest BCUT2D eigenvalue weighted by Gasteiger charge is -2.03. The van der Waals surface area contributed by atoms with Gasteiger partial charge in [-0.05, 0) is 25.8 Å². The van der Waals surface area contributed by atoms with E-state index in [1.807, 2.05) is 6.92 Å². The molecule has 0 unspecified atom stereocenters. The summed E-state index contributed by atoms with van der Waals surface area (Å²) >= 11 is 1.47. The number of fused-ring (bicyclic) bond motifs is 1. The Labute approximate surface area is 126 Å². The highest BCUT2D eigenvalue weighted by atomic mass is 32.1. The van der Waals surface area contributed by atoms with E-state index < -0.39 is 0 Å². The molecule has 0 amide bonds. The van der Waals surface area contributed by atoms with Gasteiger partial charge in [-0.3, -0.25) is 4.79 Å². The normalized spacial score (nSPS) is 10.8. The van der Waals surface area contributed by atoms with Gasteiger partial charge in [0.05, 0.1) is 12.5 Å². The average Bonchev–Trinajstić information content (AvgIpc) is 2.83. The third kappa shape index (κ3) is 4.29. The molecule has 0 aliphatic rings. The molecule has 0 saturated heterocycles. The van der Waals surface area contributed by atoms with Gasteiger partial charge in [0.2, 0.25) is 0 Å². The highest BCUT2D eigenvalue weighted by Gasteiger charge is 2.08. The van der Waals surface area contributed by atoms with Crippen LogP contribution in [0.25, 0.3) is 10.2 Å². The van der Waals surface area contributed by atoms with Crippen LogP contribution in [0.5, 0.6) is 0 Å². The fourth-order valence-electron chi connectivity index (χ4n) is 1.93. The Balaban J connectivity index is 1.81. The van der Waals surface area contributed by atoms with Gasteiger partial charge in [-0.2, -0.15) is 4.98 Å². The number of nitrogens with one attached hydrogen (secondary N) is 1. The van der Waals surface area contributed by atoms with E-state index in [0.29, 0.717) is 23.2 Å².